The van der Waals surface area contributed by atoms with Crippen LogP contribution in [0.3, 0.4) is 0 Å². The second-order valence-electron chi connectivity index (χ2n) is 7.27. The Morgan fingerprint density at radius 3 is 2.29 bits per heavy atom. The van der Waals surface area contributed by atoms with Gasteiger partial charge in [-0.3, -0.25) is 0 Å². The Morgan fingerprint density at radius 1 is 1.00 bits per heavy atom. The highest BCUT2D eigenvalue weighted by Gasteiger charge is 2.29. The van der Waals surface area contributed by atoms with Crippen LogP contribution in [-0.2, 0) is 4.74 Å². The van der Waals surface area contributed by atoms with Crippen LogP contribution in [0.25, 0.3) is 0 Å². The maximum Gasteiger partial charge on any atom is 0.135 e. The van der Waals surface area contributed by atoms with E-state index in [1.165, 1.54) is 0 Å². The van der Waals surface area contributed by atoms with E-state index in [1.807, 2.05) is 54.7 Å². The van der Waals surface area contributed by atoms with Gasteiger partial charge in [-0.25, -0.2) is 0 Å². The van der Waals surface area contributed by atoms with Crippen molar-refractivity contribution < 1.29 is 4.74 Å². The third kappa shape index (κ3) is 8.07. The first-order valence-electron chi connectivity index (χ1n) is 10.3. The van der Waals surface area contributed by atoms with Crippen LogP contribution in [-0.4, -0.2) is 41.7 Å². The van der Waals surface area contributed by atoms with Crippen LogP contribution in [0.1, 0.15) is 31.4 Å². The molecule has 1 aliphatic heterocycles. The van der Waals surface area contributed by atoms with Crippen molar-refractivity contribution in [2.24, 2.45) is 0 Å². The van der Waals surface area contributed by atoms with E-state index >= 15 is 0 Å². The Morgan fingerprint density at radius 2 is 1.65 bits per heavy atom. The highest BCUT2D eigenvalue weighted by molar-refractivity contribution is 8.93. The molecule has 2 atom stereocenters. The van der Waals surface area contributed by atoms with E-state index in [0.717, 1.165) is 48.9 Å². The van der Waals surface area contributed by atoms with Gasteiger partial charge in [-0.15, -0.1) is 17.0 Å². The van der Waals surface area contributed by atoms with E-state index in [9.17, 15) is 0 Å². The highest BCUT2D eigenvalue weighted by atomic mass is 79.9. The maximum atomic E-state index is 6.88. The molecule has 0 saturated heterocycles. The molecule has 0 spiro atoms. The topological polar surface area (TPSA) is 27.7 Å². The molecule has 0 aliphatic carbocycles. The van der Waals surface area contributed by atoms with Crippen molar-refractivity contribution in [2.45, 2.75) is 31.4 Å². The molecule has 0 aromatic heterocycles. The summed E-state index contributed by atoms with van der Waals surface area (Å²) in [6.45, 7) is 5.23. The molecule has 0 amide bonds. The first-order chi connectivity index (χ1) is 14.6. The van der Waals surface area contributed by atoms with Crippen molar-refractivity contribution in [1.29, 1.82) is 0 Å². The Kier molecular flexibility index (Phi) is 11.3. The monoisotopic (exact) mass is 547 g/mol. The van der Waals surface area contributed by atoms with Gasteiger partial charge in [-0.2, -0.15) is 0 Å². The molecule has 8 heteroatoms. The van der Waals surface area contributed by atoms with E-state index in [4.69, 9.17) is 39.5 Å². The first kappa shape index (κ1) is 26.1. The average molecular weight is 550 g/mol. The Bertz CT molecular complexity index is 805. The van der Waals surface area contributed by atoms with Gasteiger partial charge in [0.15, 0.2) is 0 Å². The van der Waals surface area contributed by atoms with Gasteiger partial charge >= 0.3 is 0 Å². The van der Waals surface area contributed by atoms with E-state index in [1.54, 1.807) is 0 Å². The number of hydrogen-bond acceptors (Lipinski definition) is 4. The number of hydrogen-bond donors (Lipinski definition) is 1. The number of rotatable bonds is 11. The quantitative estimate of drug-likeness (QED) is 0.183. The summed E-state index contributed by atoms with van der Waals surface area (Å²) in [5.41, 5.74) is 1.78. The second-order valence-corrected chi connectivity index (χ2v) is 8.59. The molecule has 2 aromatic carbocycles. The fourth-order valence-corrected chi connectivity index (χ4v) is 3.81. The standard InChI is InChI=1S/C23H28Cl3N3O.BrH/c1-2-3-16-30-22(18-4-6-19(24)7-5-18)23(26)29-15-14-28(17-29)13-12-27-21-10-8-20(25)9-11-21;/h4-11,14-15,22-23,27H,2-3,12-13,16-17H2,1H3;1H. The Hall–Kier alpha value is -1.11. The summed E-state index contributed by atoms with van der Waals surface area (Å²) in [4.78, 5) is 4.33. The van der Waals surface area contributed by atoms with Gasteiger partial charge in [0.25, 0.3) is 0 Å². The molecule has 31 heavy (non-hydrogen) atoms. The molecule has 0 fully saturated rings. The lowest BCUT2D eigenvalue weighted by molar-refractivity contribution is 0.0165. The minimum atomic E-state index is -0.312. The summed E-state index contributed by atoms with van der Waals surface area (Å²) in [7, 11) is 0. The summed E-state index contributed by atoms with van der Waals surface area (Å²) in [6, 6.07) is 15.5. The molecule has 4 nitrogen and oxygen atoms in total. The highest BCUT2D eigenvalue weighted by Crippen LogP contribution is 2.31. The lowest BCUT2D eigenvalue weighted by Gasteiger charge is -2.31. The van der Waals surface area contributed by atoms with Crippen molar-refractivity contribution in [3.05, 3.63) is 76.5 Å². The molecular formula is C23H29BrCl3N3O. The lowest BCUT2D eigenvalue weighted by atomic mass is 10.1. The summed E-state index contributed by atoms with van der Waals surface area (Å²) >= 11 is 18.9. The Labute approximate surface area is 210 Å². The minimum Gasteiger partial charge on any atom is -0.383 e. The predicted octanol–water partition coefficient (Wildman–Crippen LogP) is 7.15. The summed E-state index contributed by atoms with van der Waals surface area (Å²) < 4.78 is 6.17. The van der Waals surface area contributed by atoms with Gasteiger partial charge in [0.2, 0.25) is 0 Å². The minimum absolute atomic E-state index is 0. The summed E-state index contributed by atoms with van der Waals surface area (Å²) in [5.74, 6) is 0. The molecule has 1 aliphatic rings. The van der Waals surface area contributed by atoms with Crippen LogP contribution >= 0.6 is 51.8 Å². The number of benzene rings is 2. The molecule has 0 saturated carbocycles. The zero-order chi connectivity index (χ0) is 21.3. The molecule has 1 N–H and O–H groups in total. The average Bonchev–Trinajstić information content (AvgIpc) is 3.22. The molecule has 1 heterocycles. The molecule has 3 rings (SSSR count). The Balaban J connectivity index is 0.00000341. The number of anilines is 1. The fourth-order valence-electron chi connectivity index (χ4n) is 3.22. The maximum absolute atomic E-state index is 6.88. The van der Waals surface area contributed by atoms with Gasteiger partial charge in [-0.1, -0.05) is 60.3 Å². The number of nitrogens with one attached hydrogen (secondary N) is 1. The summed E-state index contributed by atoms with van der Waals surface area (Å²) in [5, 5.41) is 4.85. The number of alkyl halides is 1. The number of ether oxygens (including phenoxy) is 1. The normalized spacial score (nSPS) is 15.0. The van der Waals surface area contributed by atoms with Gasteiger partial charge in [0, 0.05) is 47.8 Å². The zero-order valence-corrected chi connectivity index (χ0v) is 21.5. The van der Waals surface area contributed by atoms with Gasteiger partial charge in [0.1, 0.15) is 11.6 Å². The van der Waals surface area contributed by atoms with Crippen molar-refractivity contribution in [3.63, 3.8) is 0 Å². The van der Waals surface area contributed by atoms with Crippen LogP contribution < -0.4 is 5.32 Å². The molecule has 2 unspecified atom stereocenters. The third-order valence-corrected chi connectivity index (χ3v) is 5.93. The molecule has 0 bridgehead atoms. The number of nitrogens with zero attached hydrogens (tertiary/aromatic N) is 2. The van der Waals surface area contributed by atoms with Crippen molar-refractivity contribution in [2.75, 3.05) is 31.7 Å². The molecule has 2 aromatic rings. The second kappa shape index (κ2) is 13.4. The third-order valence-electron chi connectivity index (χ3n) is 4.95. The van der Waals surface area contributed by atoms with Crippen molar-refractivity contribution in [1.82, 2.24) is 9.80 Å². The van der Waals surface area contributed by atoms with Gasteiger partial charge < -0.3 is 19.9 Å². The lowest BCUT2D eigenvalue weighted by Crippen LogP contribution is -2.36. The van der Waals surface area contributed by atoms with E-state index in [0.29, 0.717) is 11.6 Å². The smallest absolute Gasteiger partial charge is 0.135 e. The van der Waals surface area contributed by atoms with Gasteiger partial charge in [0.05, 0.1) is 6.67 Å². The molecule has 170 valence electrons. The zero-order valence-electron chi connectivity index (χ0n) is 17.5. The molecule has 0 radical (unpaired) electrons. The fraction of sp³-hybridized carbons (Fsp3) is 0.391. The van der Waals surface area contributed by atoms with Crippen LogP contribution in [0, 0.1) is 0 Å². The van der Waals surface area contributed by atoms with E-state index < -0.39 is 0 Å². The largest absolute Gasteiger partial charge is 0.383 e. The number of unbranched alkanes of at least 4 members (excludes halogenated alkanes) is 1. The van der Waals surface area contributed by atoms with Crippen LogP contribution in [0.4, 0.5) is 5.69 Å². The predicted molar refractivity (Wildman–Crippen MR) is 138 cm³/mol. The number of halogens is 4. The first-order valence-corrected chi connectivity index (χ1v) is 11.4. The molecular weight excluding hydrogens is 521 g/mol. The van der Waals surface area contributed by atoms with Crippen molar-refractivity contribution >= 4 is 57.5 Å². The van der Waals surface area contributed by atoms with Crippen LogP contribution in [0.5, 0.6) is 0 Å². The summed E-state index contributed by atoms with van der Waals surface area (Å²) in [6.07, 6.45) is 5.97. The van der Waals surface area contributed by atoms with Crippen LogP contribution in [0.2, 0.25) is 10.0 Å². The van der Waals surface area contributed by atoms with Crippen molar-refractivity contribution in [3.8, 4) is 0 Å². The van der Waals surface area contributed by atoms with Crippen LogP contribution in [0.15, 0.2) is 60.9 Å². The van der Waals surface area contributed by atoms with E-state index in [2.05, 4.69) is 28.2 Å². The SMILES string of the molecule is Br.CCCCOC(c1ccc(Cl)cc1)C(Cl)N1C=CN(CCNc2ccc(Cl)cc2)C1. The van der Waals surface area contributed by atoms with Gasteiger partial charge in [-0.05, 0) is 48.4 Å². The van der Waals surface area contributed by atoms with E-state index in [-0.39, 0.29) is 28.6 Å².